The maximum absolute atomic E-state index is 14.1. The van der Waals surface area contributed by atoms with Gasteiger partial charge in [0.15, 0.2) is 0 Å². The number of fused-ring (bicyclic) bond motifs is 1. The zero-order chi connectivity index (χ0) is 32.7. The Morgan fingerprint density at radius 2 is 1.82 bits per heavy atom. The van der Waals surface area contributed by atoms with Gasteiger partial charge in [-0.1, -0.05) is 19.1 Å². The summed E-state index contributed by atoms with van der Waals surface area (Å²) >= 11 is 0. The summed E-state index contributed by atoms with van der Waals surface area (Å²) in [5.41, 5.74) is 0.415. The third-order valence-electron chi connectivity index (χ3n) is 7.58. The van der Waals surface area contributed by atoms with Crippen molar-refractivity contribution in [3.8, 4) is 5.75 Å². The van der Waals surface area contributed by atoms with Crippen molar-refractivity contribution >= 4 is 21.6 Å². The molecule has 1 heterocycles. The Morgan fingerprint density at radius 1 is 1.14 bits per heavy atom. The SMILES string of the molecule is C[C@@H]1CN([C@H](C)CO)C(=O)c2cc(NS(C)(=O)=O)ccc2O[C@@H](C)CCCCO[C@H]1CN(C)Cc1ccc(C(F)(F)F)cc1. The molecule has 0 bridgehead atoms. The van der Waals surface area contributed by atoms with Gasteiger partial charge in [0.05, 0.1) is 42.2 Å². The van der Waals surface area contributed by atoms with Gasteiger partial charge in [-0.2, -0.15) is 13.2 Å². The highest BCUT2D eigenvalue weighted by atomic mass is 32.2. The van der Waals surface area contributed by atoms with Crippen molar-refractivity contribution in [1.29, 1.82) is 0 Å². The number of hydrogen-bond donors (Lipinski definition) is 2. The molecule has 1 amide bonds. The van der Waals surface area contributed by atoms with Gasteiger partial charge in [-0.3, -0.25) is 14.4 Å². The lowest BCUT2D eigenvalue weighted by Gasteiger charge is -2.36. The van der Waals surface area contributed by atoms with Crippen LogP contribution in [-0.4, -0.2) is 87.1 Å². The van der Waals surface area contributed by atoms with Gasteiger partial charge in [0.25, 0.3) is 5.91 Å². The normalized spacial score (nSPS) is 21.7. The number of anilines is 1. The lowest BCUT2D eigenvalue weighted by molar-refractivity contribution is -0.137. The van der Waals surface area contributed by atoms with Gasteiger partial charge in [-0.05, 0) is 76.1 Å². The van der Waals surface area contributed by atoms with Gasteiger partial charge in [0.2, 0.25) is 10.0 Å². The van der Waals surface area contributed by atoms with Gasteiger partial charge in [0.1, 0.15) is 5.75 Å². The molecule has 13 heteroatoms. The third kappa shape index (κ3) is 10.6. The second-order valence-electron chi connectivity index (χ2n) is 11.8. The molecule has 2 aromatic carbocycles. The molecule has 2 aromatic rings. The number of likely N-dealkylation sites (N-methyl/N-ethyl adjacent to an activating group) is 1. The number of hydrogen-bond acceptors (Lipinski definition) is 7. The molecule has 0 aromatic heterocycles. The first-order chi connectivity index (χ1) is 20.6. The summed E-state index contributed by atoms with van der Waals surface area (Å²) in [4.78, 5) is 17.6. The highest BCUT2D eigenvalue weighted by Gasteiger charge is 2.31. The Kier molecular flexibility index (Phi) is 12.5. The number of aliphatic hydroxyl groups is 1. The lowest BCUT2D eigenvalue weighted by Crippen LogP contribution is -2.47. The summed E-state index contributed by atoms with van der Waals surface area (Å²) in [5.74, 6) is -0.302. The highest BCUT2D eigenvalue weighted by molar-refractivity contribution is 7.92. The van der Waals surface area contributed by atoms with E-state index in [1.54, 1.807) is 24.0 Å². The number of carbonyl (C=O) groups excluding carboxylic acids is 1. The number of halogens is 3. The Bertz CT molecular complexity index is 1340. The first-order valence-corrected chi connectivity index (χ1v) is 16.6. The maximum Gasteiger partial charge on any atom is 0.416 e. The van der Waals surface area contributed by atoms with Crippen molar-refractivity contribution < 1.29 is 41.0 Å². The summed E-state index contributed by atoms with van der Waals surface area (Å²) in [6.45, 7) is 6.84. The zero-order valence-corrected chi connectivity index (χ0v) is 26.7. The fourth-order valence-corrected chi connectivity index (χ4v) is 5.70. The quantitative estimate of drug-likeness (QED) is 0.417. The minimum Gasteiger partial charge on any atom is -0.490 e. The number of carbonyl (C=O) groups is 1. The summed E-state index contributed by atoms with van der Waals surface area (Å²) in [7, 11) is -1.74. The topological polar surface area (TPSA) is 108 Å². The first kappa shape index (κ1) is 35.6. The fraction of sp³-hybridized carbons (Fsp3) is 0.581. The molecular formula is C31H44F3N3O6S. The van der Waals surface area contributed by atoms with E-state index in [1.165, 1.54) is 18.2 Å². The minimum atomic E-state index is -4.40. The molecule has 0 saturated heterocycles. The number of rotatable bonds is 8. The van der Waals surface area contributed by atoms with Crippen LogP contribution in [0.1, 0.15) is 61.5 Å². The van der Waals surface area contributed by atoms with Crippen LogP contribution in [0.3, 0.4) is 0 Å². The van der Waals surface area contributed by atoms with Crippen LogP contribution in [0.4, 0.5) is 18.9 Å². The van der Waals surface area contributed by atoms with Crippen molar-refractivity contribution in [3.05, 3.63) is 59.2 Å². The maximum atomic E-state index is 14.1. The van der Waals surface area contributed by atoms with E-state index < -0.39 is 33.7 Å². The van der Waals surface area contributed by atoms with Crippen LogP contribution in [0.15, 0.2) is 42.5 Å². The molecule has 4 atom stereocenters. The van der Waals surface area contributed by atoms with Crippen molar-refractivity contribution in [2.24, 2.45) is 5.92 Å². The van der Waals surface area contributed by atoms with Crippen molar-refractivity contribution in [3.63, 3.8) is 0 Å². The molecule has 246 valence electrons. The van der Waals surface area contributed by atoms with Crippen LogP contribution in [0.25, 0.3) is 0 Å². The van der Waals surface area contributed by atoms with Gasteiger partial charge in [-0.25, -0.2) is 8.42 Å². The highest BCUT2D eigenvalue weighted by Crippen LogP contribution is 2.30. The van der Waals surface area contributed by atoms with Crippen LogP contribution in [0.5, 0.6) is 5.75 Å². The molecular weight excluding hydrogens is 599 g/mol. The summed E-state index contributed by atoms with van der Waals surface area (Å²) in [5, 5.41) is 10.1. The summed E-state index contributed by atoms with van der Waals surface area (Å²) < 4.78 is 77.7. The lowest BCUT2D eigenvalue weighted by atomic mass is 10.0. The van der Waals surface area contributed by atoms with Crippen molar-refractivity contribution in [2.75, 3.05) is 44.3 Å². The largest absolute Gasteiger partial charge is 0.490 e. The smallest absolute Gasteiger partial charge is 0.416 e. The Labute approximate surface area is 258 Å². The van der Waals surface area contributed by atoms with E-state index in [4.69, 9.17) is 9.47 Å². The standard InChI is InChI=1S/C31H44F3N3O6S/c1-21-17-37(22(2)20-38)30(39)27-16-26(35-44(5,40)41)13-14-28(27)43-23(3)8-6-7-15-42-29(21)19-36(4)18-24-9-11-25(12-10-24)31(32,33)34/h9-14,16,21-23,29,35,38H,6-8,15,17-20H2,1-5H3/t21-,22-,23+,29+/m1/s1. The second-order valence-corrected chi connectivity index (χ2v) is 13.5. The van der Waals surface area contributed by atoms with E-state index in [1.807, 2.05) is 25.8 Å². The Hall–Kier alpha value is -2.87. The van der Waals surface area contributed by atoms with E-state index in [2.05, 4.69) is 4.72 Å². The number of nitrogens with one attached hydrogen (secondary N) is 1. The average Bonchev–Trinajstić information content (AvgIpc) is 2.93. The molecule has 0 saturated carbocycles. The molecule has 0 fully saturated rings. The predicted octanol–water partition coefficient (Wildman–Crippen LogP) is 5.00. The molecule has 2 N–H and O–H groups in total. The first-order valence-electron chi connectivity index (χ1n) is 14.7. The number of nitrogens with zero attached hydrogens (tertiary/aromatic N) is 2. The van der Waals surface area contributed by atoms with Crippen LogP contribution in [0.2, 0.25) is 0 Å². The van der Waals surface area contributed by atoms with E-state index in [-0.39, 0.29) is 42.5 Å². The number of alkyl halides is 3. The molecule has 1 aliphatic rings. The van der Waals surface area contributed by atoms with Crippen LogP contribution >= 0.6 is 0 Å². The second kappa shape index (κ2) is 15.4. The number of amides is 1. The predicted molar refractivity (Wildman–Crippen MR) is 163 cm³/mol. The zero-order valence-electron chi connectivity index (χ0n) is 25.9. The molecule has 44 heavy (non-hydrogen) atoms. The average molecular weight is 644 g/mol. The van der Waals surface area contributed by atoms with Crippen LogP contribution in [0, 0.1) is 5.92 Å². The van der Waals surface area contributed by atoms with E-state index in [0.29, 0.717) is 31.9 Å². The van der Waals surface area contributed by atoms with Gasteiger partial charge in [0, 0.05) is 37.8 Å². The third-order valence-corrected chi connectivity index (χ3v) is 8.19. The number of aliphatic hydroxyl groups excluding tert-OH is 1. The Balaban J connectivity index is 1.88. The van der Waals surface area contributed by atoms with Crippen molar-refractivity contribution in [1.82, 2.24) is 9.80 Å². The minimum absolute atomic E-state index is 0.173. The fourth-order valence-electron chi connectivity index (χ4n) is 5.15. The molecule has 0 radical (unpaired) electrons. The molecule has 0 spiro atoms. The number of ether oxygens (including phenoxy) is 2. The summed E-state index contributed by atoms with van der Waals surface area (Å²) in [6, 6.07) is 9.08. The van der Waals surface area contributed by atoms with E-state index >= 15 is 0 Å². The molecule has 1 aliphatic heterocycles. The summed E-state index contributed by atoms with van der Waals surface area (Å²) in [6.07, 6.45) is -1.64. The van der Waals surface area contributed by atoms with E-state index in [0.717, 1.165) is 36.8 Å². The van der Waals surface area contributed by atoms with Crippen molar-refractivity contribution in [2.45, 2.75) is 71.0 Å². The van der Waals surface area contributed by atoms with Crippen LogP contribution < -0.4 is 9.46 Å². The molecule has 9 nitrogen and oxygen atoms in total. The number of sulfonamides is 1. The van der Waals surface area contributed by atoms with Gasteiger partial charge in [-0.15, -0.1) is 0 Å². The molecule has 3 rings (SSSR count). The molecule has 0 aliphatic carbocycles. The van der Waals surface area contributed by atoms with Crippen LogP contribution in [-0.2, 0) is 27.5 Å². The monoisotopic (exact) mass is 643 g/mol. The van der Waals surface area contributed by atoms with E-state index in [9.17, 15) is 31.5 Å². The Morgan fingerprint density at radius 3 is 2.43 bits per heavy atom. The van der Waals surface area contributed by atoms with Gasteiger partial charge >= 0.3 is 6.18 Å². The number of benzene rings is 2. The molecule has 0 unspecified atom stereocenters. The van der Waals surface area contributed by atoms with Gasteiger partial charge < -0.3 is 19.5 Å².